The highest BCUT2D eigenvalue weighted by molar-refractivity contribution is 7.51. The highest BCUT2D eigenvalue weighted by Crippen LogP contribution is 2.39. The number of rotatable bonds is 5. The lowest BCUT2D eigenvalue weighted by atomic mass is 10.1. The molecule has 1 aromatic rings. The number of nitrogens with two attached hydrogens (primary N) is 1. The van der Waals surface area contributed by atoms with Gasteiger partial charge in [0.15, 0.2) is 0 Å². The number of anilines is 1. The van der Waals surface area contributed by atoms with Crippen molar-refractivity contribution >= 4 is 13.4 Å². The van der Waals surface area contributed by atoms with Gasteiger partial charge in [-0.15, -0.1) is 0 Å². The van der Waals surface area contributed by atoms with Gasteiger partial charge in [0.1, 0.15) is 12.0 Å². The molecular weight excluding hydrogens is 315 g/mol. The highest BCUT2D eigenvalue weighted by Gasteiger charge is 2.37. The van der Waals surface area contributed by atoms with Crippen LogP contribution >= 0.6 is 7.60 Å². The molecule has 1 saturated heterocycles. The number of hydrogen-bond acceptors (Lipinski definition) is 7. The van der Waals surface area contributed by atoms with E-state index >= 15 is 0 Å². The van der Waals surface area contributed by atoms with Crippen LogP contribution in [0.4, 0.5) is 5.82 Å². The highest BCUT2D eigenvalue weighted by atomic mass is 31.2. The van der Waals surface area contributed by atoms with Gasteiger partial charge in [0.25, 0.3) is 0 Å². The lowest BCUT2D eigenvalue weighted by Gasteiger charge is -2.17. The maximum Gasteiger partial charge on any atom is 0.351 e. The van der Waals surface area contributed by atoms with Gasteiger partial charge >= 0.3 is 13.3 Å². The molecule has 1 unspecified atom stereocenters. The van der Waals surface area contributed by atoms with E-state index in [0.717, 1.165) is 6.66 Å². The summed E-state index contributed by atoms with van der Waals surface area (Å²) in [5.74, 6) is 0.0814. The molecule has 1 aromatic heterocycles. The molecule has 1 fully saturated rings. The van der Waals surface area contributed by atoms with Gasteiger partial charge in [-0.25, -0.2) is 4.79 Å². The molecular formula is C10H15N6O5P. The number of ether oxygens (including phenoxy) is 1. The lowest BCUT2D eigenvalue weighted by molar-refractivity contribution is -0.0235. The summed E-state index contributed by atoms with van der Waals surface area (Å²) in [7, 11) is -3.68. The molecule has 22 heavy (non-hydrogen) atoms. The van der Waals surface area contributed by atoms with Crippen molar-refractivity contribution in [3.05, 3.63) is 33.2 Å². The normalized spacial score (nSPS) is 27.1. The summed E-state index contributed by atoms with van der Waals surface area (Å²) in [4.78, 5) is 27.2. The number of aromatic nitrogens is 2. The van der Waals surface area contributed by atoms with Gasteiger partial charge in [-0.2, -0.15) is 4.98 Å². The Morgan fingerprint density at radius 1 is 1.77 bits per heavy atom. The molecule has 0 aromatic carbocycles. The minimum absolute atomic E-state index is 0.0814. The van der Waals surface area contributed by atoms with E-state index in [1.165, 1.54) is 16.8 Å². The van der Waals surface area contributed by atoms with Crippen molar-refractivity contribution in [1.82, 2.24) is 9.55 Å². The maximum absolute atomic E-state index is 11.8. The van der Waals surface area contributed by atoms with Crippen LogP contribution in [-0.4, -0.2) is 39.9 Å². The van der Waals surface area contributed by atoms with Gasteiger partial charge in [-0.3, -0.25) is 9.13 Å². The first-order valence-corrected chi connectivity index (χ1v) is 8.32. The average molecular weight is 330 g/mol. The molecule has 0 saturated carbocycles. The smallest absolute Gasteiger partial charge is 0.351 e. The van der Waals surface area contributed by atoms with E-state index in [1.54, 1.807) is 0 Å². The van der Waals surface area contributed by atoms with Crippen LogP contribution in [0.15, 0.2) is 22.2 Å². The van der Waals surface area contributed by atoms with Crippen LogP contribution in [0.1, 0.15) is 12.6 Å². The van der Waals surface area contributed by atoms with Crippen LogP contribution in [-0.2, 0) is 13.8 Å². The largest absolute Gasteiger partial charge is 0.383 e. The van der Waals surface area contributed by atoms with E-state index in [1.807, 2.05) is 0 Å². The topological polar surface area (TPSA) is 165 Å². The molecule has 1 aliphatic rings. The molecule has 4 atom stereocenters. The molecule has 1 aliphatic heterocycles. The summed E-state index contributed by atoms with van der Waals surface area (Å²) < 4.78 is 22.8. The second-order valence-electron chi connectivity index (χ2n) is 4.78. The van der Waals surface area contributed by atoms with Crippen LogP contribution in [0.2, 0.25) is 0 Å². The van der Waals surface area contributed by atoms with Crippen molar-refractivity contribution in [2.45, 2.75) is 24.8 Å². The first-order valence-electron chi connectivity index (χ1n) is 6.29. The van der Waals surface area contributed by atoms with Gasteiger partial charge in [-0.1, -0.05) is 5.11 Å². The van der Waals surface area contributed by atoms with Crippen molar-refractivity contribution in [2.24, 2.45) is 5.11 Å². The fourth-order valence-corrected chi connectivity index (χ4v) is 2.50. The van der Waals surface area contributed by atoms with Gasteiger partial charge < -0.3 is 19.9 Å². The summed E-state index contributed by atoms with van der Waals surface area (Å²) in [5, 5.41) is 3.57. The molecule has 12 heteroatoms. The van der Waals surface area contributed by atoms with Gasteiger partial charge in [0, 0.05) is 24.2 Å². The van der Waals surface area contributed by atoms with Gasteiger partial charge in [-0.05, 0) is 11.6 Å². The second-order valence-corrected chi connectivity index (χ2v) is 6.64. The van der Waals surface area contributed by atoms with Crippen molar-refractivity contribution in [3.63, 3.8) is 0 Å². The molecule has 2 rings (SSSR count). The Labute approximate surface area is 124 Å². The number of nitrogen functional groups attached to an aromatic ring is 1. The minimum atomic E-state index is -3.68. The Morgan fingerprint density at radius 3 is 3.09 bits per heavy atom. The van der Waals surface area contributed by atoms with Crippen LogP contribution in [0.5, 0.6) is 0 Å². The zero-order valence-electron chi connectivity index (χ0n) is 11.6. The minimum Gasteiger partial charge on any atom is -0.383 e. The van der Waals surface area contributed by atoms with E-state index in [9.17, 15) is 9.36 Å². The first kappa shape index (κ1) is 16.5. The SMILES string of the molecule is CP(=O)(O)OC[C@H]1O[C@@H](n2ccc(N)nc2=O)C[C@@H]1N=[N+]=[N-]. The monoisotopic (exact) mass is 330 g/mol. The van der Waals surface area contributed by atoms with E-state index in [2.05, 4.69) is 15.0 Å². The molecule has 0 amide bonds. The van der Waals surface area contributed by atoms with Crippen LogP contribution in [0, 0.1) is 0 Å². The molecule has 3 N–H and O–H groups in total. The third-order valence-corrected chi connectivity index (χ3v) is 3.67. The zero-order chi connectivity index (χ0) is 16.3. The third-order valence-electron chi connectivity index (χ3n) is 3.04. The molecule has 120 valence electrons. The quantitative estimate of drug-likeness (QED) is 0.345. The van der Waals surface area contributed by atoms with Gasteiger partial charge in [0.05, 0.1) is 18.8 Å². The van der Waals surface area contributed by atoms with Crippen LogP contribution < -0.4 is 11.4 Å². The predicted octanol–water partition coefficient (Wildman–Crippen LogP) is 0.624. The predicted molar refractivity (Wildman–Crippen MR) is 76.1 cm³/mol. The van der Waals surface area contributed by atoms with E-state index in [4.69, 9.17) is 25.4 Å². The average Bonchev–Trinajstić information content (AvgIpc) is 2.79. The van der Waals surface area contributed by atoms with E-state index in [-0.39, 0.29) is 18.8 Å². The zero-order valence-corrected chi connectivity index (χ0v) is 12.5. The Bertz CT molecular complexity index is 695. The summed E-state index contributed by atoms with van der Waals surface area (Å²) in [5.41, 5.74) is 13.4. The Morgan fingerprint density at radius 2 is 2.50 bits per heavy atom. The van der Waals surface area contributed by atoms with Crippen molar-refractivity contribution in [2.75, 3.05) is 19.0 Å². The maximum atomic E-state index is 11.8. The van der Waals surface area contributed by atoms with Crippen molar-refractivity contribution in [1.29, 1.82) is 0 Å². The summed E-state index contributed by atoms with van der Waals surface area (Å²) in [6.07, 6.45) is 0.163. The summed E-state index contributed by atoms with van der Waals surface area (Å²) in [6, 6.07) is 0.802. The second kappa shape index (κ2) is 6.47. The summed E-state index contributed by atoms with van der Waals surface area (Å²) >= 11 is 0. The van der Waals surface area contributed by atoms with Crippen molar-refractivity contribution < 1.29 is 18.7 Å². The number of azide groups is 1. The van der Waals surface area contributed by atoms with E-state index in [0.29, 0.717) is 0 Å². The van der Waals surface area contributed by atoms with E-state index < -0.39 is 31.7 Å². The molecule has 0 radical (unpaired) electrons. The Hall–Kier alpha value is -1.90. The Balaban J connectivity index is 2.17. The first-order chi connectivity index (χ1) is 10.3. The standard InChI is InChI=1S/C10H15N6O5P/c1-22(18,19)20-5-7-6(14-15-12)4-9(21-7)16-3-2-8(11)13-10(16)17/h2-3,6-7,9H,4-5H2,1H3,(H,18,19)(H2,11,13,17)/t6-,7+,9+/m0/s1. The molecule has 0 bridgehead atoms. The van der Waals surface area contributed by atoms with Crippen molar-refractivity contribution in [3.8, 4) is 0 Å². The fourth-order valence-electron chi connectivity index (χ4n) is 2.08. The molecule has 11 nitrogen and oxygen atoms in total. The lowest BCUT2D eigenvalue weighted by Crippen LogP contribution is -2.28. The summed E-state index contributed by atoms with van der Waals surface area (Å²) in [6.45, 7) is 0.804. The molecule has 0 aliphatic carbocycles. The number of nitrogens with zero attached hydrogens (tertiary/aromatic N) is 5. The molecule has 0 spiro atoms. The Kier molecular flexibility index (Phi) is 4.84. The molecule has 2 heterocycles. The number of hydrogen-bond donors (Lipinski definition) is 2. The van der Waals surface area contributed by atoms with Crippen LogP contribution in [0.25, 0.3) is 10.4 Å². The van der Waals surface area contributed by atoms with Crippen LogP contribution in [0.3, 0.4) is 0 Å². The fraction of sp³-hybridized carbons (Fsp3) is 0.600. The third kappa shape index (κ3) is 4.06. The van der Waals surface area contributed by atoms with Gasteiger partial charge in [0.2, 0.25) is 0 Å².